The van der Waals surface area contributed by atoms with Crippen LogP contribution in [0.2, 0.25) is 0 Å². The monoisotopic (exact) mass is 840 g/mol. The lowest BCUT2D eigenvalue weighted by molar-refractivity contribution is 1.13. The maximum Gasteiger partial charge on any atom is 0.212 e. The van der Waals surface area contributed by atoms with Gasteiger partial charge in [0.1, 0.15) is 6.07 Å². The van der Waals surface area contributed by atoms with Crippen LogP contribution in [-0.2, 0) is 0 Å². The molecular formula is C60H36N6. The molecule has 6 nitrogen and oxygen atoms in total. The molecule has 0 bridgehead atoms. The molecule has 3 heterocycles. The molecule has 10 aromatic carbocycles. The molecule has 0 aliphatic carbocycles. The summed E-state index contributed by atoms with van der Waals surface area (Å²) < 4.78 is 6.74. The summed E-state index contributed by atoms with van der Waals surface area (Å²) in [6.07, 6.45) is 0. The molecule has 66 heavy (non-hydrogen) atoms. The van der Waals surface area contributed by atoms with Gasteiger partial charge in [-0.1, -0.05) is 133 Å². The van der Waals surface area contributed by atoms with Crippen molar-refractivity contribution < 1.29 is 0 Å². The predicted octanol–water partition coefficient (Wildman–Crippen LogP) is 16.0. The minimum absolute atomic E-state index is 0.442. The first kappa shape index (κ1) is 37.2. The number of fused-ring (bicyclic) bond motifs is 12. The summed E-state index contributed by atoms with van der Waals surface area (Å²) in [4.78, 5) is 6.57. The van der Waals surface area contributed by atoms with Gasteiger partial charge < -0.3 is 18.6 Å². The van der Waals surface area contributed by atoms with E-state index in [1.807, 2.05) is 36.4 Å². The van der Waals surface area contributed by atoms with Crippen molar-refractivity contribution in [2.75, 3.05) is 4.90 Å². The zero-order valence-electron chi connectivity index (χ0n) is 35.5. The van der Waals surface area contributed by atoms with Crippen LogP contribution in [0, 0.1) is 17.9 Å². The Hall–Kier alpha value is -9.36. The van der Waals surface area contributed by atoms with Crippen LogP contribution in [0.4, 0.5) is 22.7 Å². The van der Waals surface area contributed by atoms with Crippen molar-refractivity contribution in [3.8, 4) is 23.1 Å². The normalized spacial score (nSPS) is 11.6. The minimum atomic E-state index is 0.442. The van der Waals surface area contributed by atoms with E-state index in [0.29, 0.717) is 22.6 Å². The van der Waals surface area contributed by atoms with Gasteiger partial charge in [-0.15, -0.1) is 0 Å². The SMILES string of the molecule is [C-]#[N+]c1cc(-n2c3ccccc3c3ccc4c5ccccc5n(-c5ccccc5)c4c32)c(C#N)cc1-n1c2ccc(N(c3ccccc3)c3ccccc3)cc2c2c3ccccc3ccc21. The fourth-order valence-corrected chi connectivity index (χ4v) is 10.5. The second-order valence-corrected chi connectivity index (χ2v) is 16.7. The van der Waals surface area contributed by atoms with Crippen molar-refractivity contribution in [3.05, 3.63) is 235 Å². The van der Waals surface area contributed by atoms with Crippen LogP contribution in [-0.4, -0.2) is 13.7 Å². The summed E-state index contributed by atoms with van der Waals surface area (Å²) in [5, 5.41) is 20.1. The van der Waals surface area contributed by atoms with Crippen LogP contribution in [0.5, 0.6) is 0 Å². The Bertz CT molecular complexity index is 4140. The van der Waals surface area contributed by atoms with Crippen molar-refractivity contribution in [2.45, 2.75) is 0 Å². The van der Waals surface area contributed by atoms with Gasteiger partial charge >= 0.3 is 0 Å². The lowest BCUT2D eigenvalue weighted by Crippen LogP contribution is -2.09. The van der Waals surface area contributed by atoms with E-state index in [9.17, 15) is 5.26 Å². The summed E-state index contributed by atoms with van der Waals surface area (Å²) in [5.41, 5.74) is 12.3. The molecule has 0 radical (unpaired) electrons. The molecule has 0 aliphatic rings. The van der Waals surface area contributed by atoms with Gasteiger partial charge in [-0.05, 0) is 95.7 Å². The zero-order chi connectivity index (χ0) is 43.9. The van der Waals surface area contributed by atoms with Crippen LogP contribution >= 0.6 is 0 Å². The highest BCUT2D eigenvalue weighted by atomic mass is 15.1. The summed E-state index contributed by atoms with van der Waals surface area (Å²) in [6, 6.07) is 78.6. The molecule has 0 aliphatic heterocycles. The van der Waals surface area contributed by atoms with Crippen LogP contribution in [0.3, 0.4) is 0 Å². The number of nitrogens with zero attached hydrogens (tertiary/aromatic N) is 6. The van der Waals surface area contributed by atoms with E-state index in [1.54, 1.807) is 0 Å². The van der Waals surface area contributed by atoms with Crippen LogP contribution in [0.15, 0.2) is 218 Å². The molecular weight excluding hydrogens is 805 g/mol. The highest BCUT2D eigenvalue weighted by Crippen LogP contribution is 2.46. The van der Waals surface area contributed by atoms with Gasteiger partial charge in [0.2, 0.25) is 5.69 Å². The quantitative estimate of drug-likeness (QED) is 0.157. The van der Waals surface area contributed by atoms with E-state index < -0.39 is 0 Å². The van der Waals surface area contributed by atoms with Gasteiger partial charge in [-0.25, -0.2) is 4.85 Å². The first-order valence-electron chi connectivity index (χ1n) is 22.0. The molecule has 6 heteroatoms. The predicted molar refractivity (Wildman–Crippen MR) is 273 cm³/mol. The maximum atomic E-state index is 11.3. The summed E-state index contributed by atoms with van der Waals surface area (Å²) >= 11 is 0. The Morgan fingerprint density at radius 3 is 1.61 bits per heavy atom. The third-order valence-corrected chi connectivity index (χ3v) is 13.2. The van der Waals surface area contributed by atoms with E-state index in [2.05, 4.69) is 212 Å². The van der Waals surface area contributed by atoms with Gasteiger partial charge in [0.25, 0.3) is 0 Å². The van der Waals surface area contributed by atoms with Crippen molar-refractivity contribution in [1.82, 2.24) is 13.7 Å². The Balaban J connectivity index is 1.11. The van der Waals surface area contributed by atoms with Crippen LogP contribution in [0.25, 0.3) is 98.1 Å². The van der Waals surface area contributed by atoms with Crippen LogP contribution in [0.1, 0.15) is 5.56 Å². The number of anilines is 3. The summed E-state index contributed by atoms with van der Waals surface area (Å²) in [6.45, 7) is 8.85. The number of hydrogen-bond donors (Lipinski definition) is 0. The highest BCUT2D eigenvalue weighted by molar-refractivity contribution is 6.25. The lowest BCUT2D eigenvalue weighted by Gasteiger charge is -2.25. The largest absolute Gasteiger partial charge is 0.319 e. The Morgan fingerprint density at radius 1 is 0.409 bits per heavy atom. The average Bonchev–Trinajstić information content (AvgIpc) is 4.03. The maximum absolute atomic E-state index is 11.3. The van der Waals surface area contributed by atoms with Crippen molar-refractivity contribution in [1.29, 1.82) is 5.26 Å². The molecule has 13 rings (SSSR count). The number of para-hydroxylation sites is 5. The number of aromatic nitrogens is 3. The number of hydrogen-bond acceptors (Lipinski definition) is 2. The van der Waals surface area contributed by atoms with E-state index in [-0.39, 0.29) is 0 Å². The second-order valence-electron chi connectivity index (χ2n) is 16.7. The van der Waals surface area contributed by atoms with Crippen LogP contribution < -0.4 is 4.90 Å². The molecule has 0 spiro atoms. The number of rotatable bonds is 6. The molecule has 0 amide bonds. The van der Waals surface area contributed by atoms with E-state index in [4.69, 9.17) is 6.57 Å². The average molecular weight is 841 g/mol. The van der Waals surface area contributed by atoms with Gasteiger partial charge in [-0.2, -0.15) is 5.26 Å². The molecule has 0 unspecified atom stereocenters. The Morgan fingerprint density at radius 2 is 0.955 bits per heavy atom. The Labute approximate surface area is 379 Å². The molecule has 0 atom stereocenters. The second kappa shape index (κ2) is 14.6. The highest BCUT2D eigenvalue weighted by Gasteiger charge is 2.25. The van der Waals surface area contributed by atoms with Crippen molar-refractivity contribution in [2.24, 2.45) is 0 Å². The molecule has 0 saturated carbocycles. The topological polar surface area (TPSA) is 46.2 Å². The van der Waals surface area contributed by atoms with Gasteiger partial charge in [-0.3, -0.25) is 0 Å². The summed E-state index contributed by atoms with van der Waals surface area (Å²) in [5.74, 6) is 0. The fraction of sp³-hybridized carbons (Fsp3) is 0. The zero-order valence-corrected chi connectivity index (χ0v) is 35.5. The van der Waals surface area contributed by atoms with Gasteiger partial charge in [0, 0.05) is 55.1 Å². The smallest absolute Gasteiger partial charge is 0.212 e. The molecule has 0 fully saturated rings. The molecule has 3 aromatic heterocycles. The number of nitriles is 1. The lowest BCUT2D eigenvalue weighted by atomic mass is 10.0. The Kier molecular flexibility index (Phi) is 8.24. The van der Waals surface area contributed by atoms with E-state index >= 15 is 0 Å². The standard InChI is InChI=1S/C60H36N6/c1-62-51-37-56(66-53-28-16-14-26-47(53)49-32-31-48-46-25-13-15-27-52(46)64(59(48)60(49)66)43-22-9-4-10-23-43)40(38-61)35-57(51)65-54-34-30-44(63(41-18-5-2-6-19-41)42-20-7-3-8-21-42)36-50(54)58-45-24-12-11-17-39(45)29-33-55(58)65/h2-37H. The molecule has 13 aromatic rings. The van der Waals surface area contributed by atoms with E-state index in [0.717, 1.165) is 98.9 Å². The molecule has 0 N–H and O–H groups in total. The third-order valence-electron chi connectivity index (χ3n) is 13.2. The van der Waals surface area contributed by atoms with Gasteiger partial charge in [0.05, 0.1) is 56.6 Å². The minimum Gasteiger partial charge on any atom is -0.319 e. The van der Waals surface area contributed by atoms with E-state index in [1.165, 1.54) is 0 Å². The van der Waals surface area contributed by atoms with Crippen molar-refractivity contribution >= 4 is 98.9 Å². The van der Waals surface area contributed by atoms with Crippen molar-refractivity contribution in [3.63, 3.8) is 0 Å². The summed E-state index contributed by atoms with van der Waals surface area (Å²) in [7, 11) is 0. The fourth-order valence-electron chi connectivity index (χ4n) is 10.5. The molecule has 0 saturated heterocycles. The first-order chi connectivity index (χ1) is 32.7. The first-order valence-corrected chi connectivity index (χ1v) is 22.0. The molecule has 306 valence electrons. The number of benzene rings is 10. The van der Waals surface area contributed by atoms with Gasteiger partial charge in [0.15, 0.2) is 0 Å². The third kappa shape index (κ3) is 5.40.